The summed E-state index contributed by atoms with van der Waals surface area (Å²) >= 11 is 0. The van der Waals surface area contributed by atoms with E-state index in [4.69, 9.17) is 0 Å². The van der Waals surface area contributed by atoms with Crippen molar-refractivity contribution in [3.63, 3.8) is 0 Å². The van der Waals surface area contributed by atoms with Crippen LogP contribution in [0.5, 0.6) is 0 Å². The van der Waals surface area contributed by atoms with Crippen LogP contribution in [0.15, 0.2) is 24.3 Å². The van der Waals surface area contributed by atoms with E-state index in [0.717, 1.165) is 30.5 Å². The molecule has 20 heavy (non-hydrogen) atoms. The first-order chi connectivity index (χ1) is 9.65. The van der Waals surface area contributed by atoms with E-state index < -0.39 is 6.10 Å². The highest BCUT2D eigenvalue weighted by atomic mass is 16.3. The van der Waals surface area contributed by atoms with E-state index >= 15 is 0 Å². The molecule has 1 aliphatic heterocycles. The number of fused-ring (bicyclic) bond motifs is 1. The lowest BCUT2D eigenvalue weighted by Gasteiger charge is -2.29. The summed E-state index contributed by atoms with van der Waals surface area (Å²) in [4.78, 5) is 12.4. The second kappa shape index (κ2) is 5.54. The van der Waals surface area contributed by atoms with E-state index in [1.165, 1.54) is 0 Å². The molecule has 0 saturated carbocycles. The van der Waals surface area contributed by atoms with Crippen LogP contribution >= 0.6 is 0 Å². The van der Waals surface area contributed by atoms with Gasteiger partial charge in [-0.25, -0.2) is 0 Å². The maximum absolute atomic E-state index is 12.4. The Morgan fingerprint density at radius 3 is 3.00 bits per heavy atom. The van der Waals surface area contributed by atoms with Crippen molar-refractivity contribution in [1.29, 1.82) is 0 Å². The van der Waals surface area contributed by atoms with Crippen LogP contribution in [0.2, 0.25) is 0 Å². The average molecular weight is 274 g/mol. The van der Waals surface area contributed by atoms with Crippen molar-refractivity contribution < 1.29 is 9.90 Å². The van der Waals surface area contributed by atoms with Gasteiger partial charge >= 0.3 is 0 Å². The van der Waals surface area contributed by atoms with Crippen molar-refractivity contribution >= 4 is 5.91 Å². The zero-order valence-corrected chi connectivity index (χ0v) is 11.8. The van der Waals surface area contributed by atoms with Gasteiger partial charge in [-0.15, -0.1) is 0 Å². The third-order valence-corrected chi connectivity index (χ3v) is 4.50. The fourth-order valence-electron chi connectivity index (χ4n) is 3.39. The molecule has 4 nitrogen and oxygen atoms in total. The van der Waals surface area contributed by atoms with Crippen molar-refractivity contribution in [3.05, 3.63) is 35.4 Å². The smallest absolute Gasteiger partial charge is 0.223 e. The number of nitrogens with one attached hydrogen (secondary N) is 2. The summed E-state index contributed by atoms with van der Waals surface area (Å²) in [7, 11) is 0. The largest absolute Gasteiger partial charge is 0.390 e. The van der Waals surface area contributed by atoms with Crippen LogP contribution < -0.4 is 10.6 Å². The third kappa shape index (κ3) is 2.58. The van der Waals surface area contributed by atoms with Gasteiger partial charge in [0.15, 0.2) is 0 Å². The predicted molar refractivity (Wildman–Crippen MR) is 77.2 cm³/mol. The summed E-state index contributed by atoms with van der Waals surface area (Å²) in [6.07, 6.45) is 1.87. The average Bonchev–Trinajstić information content (AvgIpc) is 2.75. The van der Waals surface area contributed by atoms with Gasteiger partial charge in [-0.05, 0) is 37.4 Å². The molecule has 0 radical (unpaired) electrons. The lowest BCUT2D eigenvalue weighted by Crippen LogP contribution is -2.44. The van der Waals surface area contributed by atoms with Gasteiger partial charge < -0.3 is 15.7 Å². The summed E-state index contributed by atoms with van der Waals surface area (Å²) in [5.41, 5.74) is 2.21. The number of carbonyl (C=O) groups excluding carboxylic acids is 1. The Labute approximate surface area is 119 Å². The molecule has 1 aromatic carbocycles. The molecule has 1 fully saturated rings. The molecule has 2 unspecified atom stereocenters. The molecule has 4 atom stereocenters. The molecule has 1 amide bonds. The van der Waals surface area contributed by atoms with Crippen LogP contribution in [-0.4, -0.2) is 29.7 Å². The molecule has 0 spiro atoms. The SMILES string of the molecule is CC1CC(C(=O)N[C@@H]2c3ccccc3C[C@@H]2O)CCN1. The lowest BCUT2D eigenvalue weighted by atomic mass is 9.92. The van der Waals surface area contributed by atoms with Gasteiger partial charge in [0.1, 0.15) is 0 Å². The van der Waals surface area contributed by atoms with Gasteiger partial charge in [-0.2, -0.15) is 0 Å². The number of hydrogen-bond acceptors (Lipinski definition) is 3. The second-order valence-electron chi connectivity index (χ2n) is 6.03. The van der Waals surface area contributed by atoms with Crippen molar-refractivity contribution in [3.8, 4) is 0 Å². The Balaban J connectivity index is 1.70. The predicted octanol–water partition coefficient (Wildman–Crippen LogP) is 1.15. The molecule has 108 valence electrons. The highest BCUT2D eigenvalue weighted by Gasteiger charge is 2.34. The first kappa shape index (κ1) is 13.6. The highest BCUT2D eigenvalue weighted by molar-refractivity contribution is 5.79. The lowest BCUT2D eigenvalue weighted by molar-refractivity contribution is -0.127. The standard InChI is InChI=1S/C16H22N2O2/c1-10-8-12(6-7-17-10)16(20)18-15-13-5-3-2-4-11(13)9-14(15)19/h2-5,10,12,14-15,17,19H,6-9H2,1H3,(H,18,20)/t10?,12?,14-,15+/m0/s1. The Bertz CT molecular complexity index is 503. The van der Waals surface area contributed by atoms with Gasteiger partial charge in [-0.1, -0.05) is 24.3 Å². The van der Waals surface area contributed by atoms with E-state index in [0.29, 0.717) is 12.5 Å². The van der Waals surface area contributed by atoms with Gasteiger partial charge in [0.25, 0.3) is 0 Å². The van der Waals surface area contributed by atoms with Crippen LogP contribution in [0.4, 0.5) is 0 Å². The van der Waals surface area contributed by atoms with E-state index in [9.17, 15) is 9.90 Å². The number of piperidine rings is 1. The number of amides is 1. The number of hydrogen-bond donors (Lipinski definition) is 3. The first-order valence-corrected chi connectivity index (χ1v) is 7.45. The zero-order chi connectivity index (χ0) is 14.1. The molecule has 1 aliphatic carbocycles. The van der Waals surface area contributed by atoms with Crippen molar-refractivity contribution in [2.45, 2.75) is 44.4 Å². The van der Waals surface area contributed by atoms with Crippen LogP contribution in [-0.2, 0) is 11.2 Å². The van der Waals surface area contributed by atoms with Gasteiger partial charge in [-0.3, -0.25) is 4.79 Å². The molecule has 0 bridgehead atoms. The van der Waals surface area contributed by atoms with Gasteiger partial charge in [0.2, 0.25) is 5.91 Å². The monoisotopic (exact) mass is 274 g/mol. The molecular weight excluding hydrogens is 252 g/mol. The second-order valence-corrected chi connectivity index (χ2v) is 6.03. The molecule has 0 aromatic heterocycles. The summed E-state index contributed by atoms with van der Waals surface area (Å²) in [5.74, 6) is 0.144. The molecule has 3 N–H and O–H groups in total. The minimum atomic E-state index is -0.504. The van der Waals surface area contributed by atoms with E-state index in [2.05, 4.69) is 17.6 Å². The van der Waals surface area contributed by atoms with E-state index in [1.54, 1.807) is 0 Å². The number of benzene rings is 1. The zero-order valence-electron chi connectivity index (χ0n) is 11.8. The van der Waals surface area contributed by atoms with Crippen LogP contribution in [0.1, 0.15) is 36.9 Å². The van der Waals surface area contributed by atoms with Gasteiger partial charge in [0.05, 0.1) is 12.1 Å². The van der Waals surface area contributed by atoms with Crippen molar-refractivity contribution in [1.82, 2.24) is 10.6 Å². The Kier molecular flexibility index (Phi) is 3.76. The number of aliphatic hydroxyl groups is 1. The Hall–Kier alpha value is -1.39. The summed E-state index contributed by atoms with van der Waals surface area (Å²) in [6, 6.07) is 8.11. The van der Waals surface area contributed by atoms with Crippen LogP contribution in [0.25, 0.3) is 0 Å². The number of rotatable bonds is 2. The molecule has 1 saturated heterocycles. The fourth-order valence-corrected chi connectivity index (χ4v) is 3.39. The number of aliphatic hydroxyl groups excluding tert-OH is 1. The molecule has 1 heterocycles. The third-order valence-electron chi connectivity index (χ3n) is 4.50. The molecular formula is C16H22N2O2. The first-order valence-electron chi connectivity index (χ1n) is 7.45. The van der Waals surface area contributed by atoms with Crippen molar-refractivity contribution in [2.75, 3.05) is 6.54 Å². The molecule has 3 rings (SSSR count). The Morgan fingerprint density at radius 1 is 1.40 bits per heavy atom. The highest BCUT2D eigenvalue weighted by Crippen LogP contribution is 2.31. The molecule has 4 heteroatoms. The number of carbonyl (C=O) groups is 1. The minimum absolute atomic E-state index is 0.0613. The molecule has 2 aliphatic rings. The van der Waals surface area contributed by atoms with Crippen molar-refractivity contribution in [2.24, 2.45) is 5.92 Å². The summed E-state index contributed by atoms with van der Waals surface area (Å²) < 4.78 is 0. The van der Waals surface area contributed by atoms with Gasteiger partial charge in [0, 0.05) is 18.4 Å². The fraction of sp³-hybridized carbons (Fsp3) is 0.562. The summed E-state index contributed by atoms with van der Waals surface area (Å²) in [5, 5.41) is 16.6. The summed E-state index contributed by atoms with van der Waals surface area (Å²) in [6.45, 7) is 3.00. The maximum Gasteiger partial charge on any atom is 0.223 e. The quantitative estimate of drug-likeness (QED) is 0.758. The normalized spacial score (nSPS) is 32.7. The van der Waals surface area contributed by atoms with Crippen LogP contribution in [0, 0.1) is 5.92 Å². The maximum atomic E-state index is 12.4. The Morgan fingerprint density at radius 2 is 2.20 bits per heavy atom. The minimum Gasteiger partial charge on any atom is -0.390 e. The van der Waals surface area contributed by atoms with Crippen LogP contribution in [0.3, 0.4) is 0 Å². The topological polar surface area (TPSA) is 61.4 Å². The van der Waals surface area contributed by atoms with E-state index in [-0.39, 0.29) is 17.9 Å². The van der Waals surface area contributed by atoms with E-state index in [1.807, 2.05) is 24.3 Å². The molecule has 1 aromatic rings.